The van der Waals surface area contributed by atoms with Crippen LogP contribution in [0.5, 0.6) is 0 Å². The number of aromatic amines is 1. The van der Waals surface area contributed by atoms with Gasteiger partial charge in [0.2, 0.25) is 0 Å². The number of H-pyrrole nitrogens is 1. The predicted molar refractivity (Wildman–Crippen MR) is 145 cm³/mol. The van der Waals surface area contributed by atoms with Gasteiger partial charge in [-0.1, -0.05) is 30.3 Å². The smallest absolute Gasteiger partial charge is 0.272 e. The van der Waals surface area contributed by atoms with Crippen LogP contribution in [0.4, 0.5) is 0 Å². The zero-order valence-electron chi connectivity index (χ0n) is 21.8. The molecule has 8 heteroatoms. The maximum atomic E-state index is 13.4. The molecule has 2 heterocycles. The molecule has 2 aromatic heterocycles. The van der Waals surface area contributed by atoms with E-state index in [1.165, 1.54) is 18.4 Å². The van der Waals surface area contributed by atoms with Gasteiger partial charge in [0.15, 0.2) is 5.69 Å². The molecule has 38 heavy (non-hydrogen) atoms. The first-order chi connectivity index (χ1) is 18.2. The number of amides is 1. The number of carbonyl (C=O) groups excluding carboxylic acids is 1. The second-order valence-electron chi connectivity index (χ2n) is 12.5. The molecular weight excluding hydrogens is 478 g/mol. The van der Waals surface area contributed by atoms with E-state index < -0.39 is 5.60 Å². The van der Waals surface area contributed by atoms with Gasteiger partial charge in [0.05, 0.1) is 28.7 Å². The van der Waals surface area contributed by atoms with Crippen LogP contribution in [0.15, 0.2) is 47.3 Å². The molecule has 3 aliphatic rings. The second-order valence-corrected chi connectivity index (χ2v) is 12.5. The Morgan fingerprint density at radius 3 is 2.53 bits per heavy atom. The van der Waals surface area contributed by atoms with Gasteiger partial charge < -0.3 is 10.4 Å². The quantitative estimate of drug-likeness (QED) is 0.356. The number of carbonyl (C=O) groups is 1. The number of nitrogens with one attached hydrogen (secondary N) is 2. The number of aliphatic hydroxyl groups is 1. The van der Waals surface area contributed by atoms with Crippen LogP contribution in [0.1, 0.15) is 86.0 Å². The van der Waals surface area contributed by atoms with Gasteiger partial charge in [-0.05, 0) is 81.4 Å². The molecule has 1 spiro atoms. The van der Waals surface area contributed by atoms with Crippen LogP contribution in [0.3, 0.4) is 0 Å². The molecule has 0 saturated heterocycles. The summed E-state index contributed by atoms with van der Waals surface area (Å²) >= 11 is 0. The van der Waals surface area contributed by atoms with E-state index in [-0.39, 0.29) is 22.9 Å². The van der Waals surface area contributed by atoms with Gasteiger partial charge in [-0.25, -0.2) is 5.10 Å². The largest absolute Gasteiger partial charge is 0.389 e. The van der Waals surface area contributed by atoms with Crippen molar-refractivity contribution in [3.63, 3.8) is 0 Å². The van der Waals surface area contributed by atoms with Crippen LogP contribution >= 0.6 is 0 Å². The summed E-state index contributed by atoms with van der Waals surface area (Å²) in [4.78, 5) is 25.5. The van der Waals surface area contributed by atoms with Crippen molar-refractivity contribution in [3.05, 3.63) is 69.8 Å². The summed E-state index contributed by atoms with van der Waals surface area (Å²) in [5.41, 5.74) is 2.76. The zero-order valence-corrected chi connectivity index (χ0v) is 21.8. The molecule has 8 nitrogen and oxygen atoms in total. The average molecular weight is 512 g/mol. The van der Waals surface area contributed by atoms with E-state index in [1.54, 1.807) is 18.5 Å². The van der Waals surface area contributed by atoms with Gasteiger partial charge in [0, 0.05) is 22.7 Å². The highest BCUT2D eigenvalue weighted by atomic mass is 16.3. The average Bonchev–Trinajstić information content (AvgIpc) is 3.62. The summed E-state index contributed by atoms with van der Waals surface area (Å²) in [5, 5.41) is 27.9. The first-order valence-electron chi connectivity index (χ1n) is 13.7. The summed E-state index contributed by atoms with van der Waals surface area (Å²) in [6.07, 6.45) is 6.36. The van der Waals surface area contributed by atoms with E-state index in [4.69, 9.17) is 0 Å². The highest BCUT2D eigenvalue weighted by Crippen LogP contribution is 2.62. The minimum Gasteiger partial charge on any atom is -0.389 e. The molecule has 0 radical (unpaired) electrons. The minimum atomic E-state index is -0.935. The lowest BCUT2D eigenvalue weighted by Crippen LogP contribution is -2.55. The van der Waals surface area contributed by atoms with Crippen molar-refractivity contribution < 1.29 is 9.90 Å². The standard InChI is InChI=1S/C30H33N5O3/c1-29(2,38)16-35-24-11-18(17-7-8-17)9-10-23(24)26(34-35)28(37)31-20-14-30(15-20)12-19(13-30)25-21-5-3-4-6-22(21)27(36)33-32-25/h3-6,9-11,17,19-20,38H,7-8,12-16H2,1-2H3,(H,31,37)(H,33,36)/t19-,20-,30?. The fourth-order valence-electron chi connectivity index (χ4n) is 6.82. The van der Waals surface area contributed by atoms with E-state index in [1.807, 2.05) is 30.3 Å². The molecular formula is C30H33N5O3. The van der Waals surface area contributed by atoms with Crippen molar-refractivity contribution in [1.29, 1.82) is 0 Å². The van der Waals surface area contributed by atoms with Gasteiger partial charge in [0.25, 0.3) is 11.5 Å². The Labute approximate surface area is 220 Å². The third-order valence-electron chi connectivity index (χ3n) is 8.74. The second kappa shape index (κ2) is 8.24. The molecule has 0 unspecified atom stereocenters. The molecule has 1 amide bonds. The lowest BCUT2D eigenvalue weighted by atomic mass is 9.49. The van der Waals surface area contributed by atoms with Gasteiger partial charge in [-0.3, -0.25) is 14.3 Å². The summed E-state index contributed by atoms with van der Waals surface area (Å²) < 4.78 is 1.79. The van der Waals surface area contributed by atoms with Crippen LogP contribution in [-0.4, -0.2) is 42.6 Å². The SMILES string of the molecule is CC(C)(O)Cn1nc(C(=O)N[C@H]2CC3(C2)C[C@H](c2n[nH]c(=O)c4ccccc42)C3)c2ccc(C3CC3)cc21. The van der Waals surface area contributed by atoms with Crippen LogP contribution in [0.25, 0.3) is 21.7 Å². The van der Waals surface area contributed by atoms with Gasteiger partial charge >= 0.3 is 0 Å². The first kappa shape index (κ1) is 23.6. The molecule has 2 aromatic carbocycles. The zero-order chi connectivity index (χ0) is 26.2. The van der Waals surface area contributed by atoms with Gasteiger partial charge in [-0.15, -0.1) is 0 Å². The molecule has 0 atom stereocenters. The monoisotopic (exact) mass is 511 g/mol. The van der Waals surface area contributed by atoms with Crippen molar-refractivity contribution in [2.75, 3.05) is 0 Å². The summed E-state index contributed by atoms with van der Waals surface area (Å²) in [6, 6.07) is 14.1. The van der Waals surface area contributed by atoms with Crippen molar-refractivity contribution in [2.24, 2.45) is 5.41 Å². The highest BCUT2D eigenvalue weighted by molar-refractivity contribution is 6.05. The van der Waals surface area contributed by atoms with Crippen molar-refractivity contribution in [1.82, 2.24) is 25.3 Å². The van der Waals surface area contributed by atoms with Gasteiger partial charge in [0.1, 0.15) is 0 Å². The molecule has 196 valence electrons. The number of hydrogen-bond donors (Lipinski definition) is 3. The van der Waals surface area contributed by atoms with Crippen LogP contribution in [0.2, 0.25) is 0 Å². The van der Waals surface area contributed by atoms with Gasteiger partial charge in [-0.2, -0.15) is 10.2 Å². The molecule has 3 fully saturated rings. The molecule has 0 aliphatic heterocycles. The molecule has 3 N–H and O–H groups in total. The van der Waals surface area contributed by atoms with Crippen LogP contribution in [0, 0.1) is 5.41 Å². The number of hydrogen-bond acceptors (Lipinski definition) is 5. The Balaban J connectivity index is 1.05. The number of rotatable bonds is 6. The lowest BCUT2D eigenvalue weighted by molar-refractivity contribution is -0.0197. The maximum absolute atomic E-state index is 13.4. The first-order valence-corrected chi connectivity index (χ1v) is 13.7. The van der Waals surface area contributed by atoms with E-state index in [2.05, 4.69) is 32.7 Å². The lowest BCUT2D eigenvalue weighted by Gasteiger charge is -2.57. The summed E-state index contributed by atoms with van der Waals surface area (Å²) in [6.45, 7) is 3.85. The van der Waals surface area contributed by atoms with E-state index in [0.717, 1.165) is 47.7 Å². The minimum absolute atomic E-state index is 0.129. The number of aromatic nitrogens is 4. The van der Waals surface area contributed by atoms with Crippen molar-refractivity contribution >= 4 is 27.6 Å². The maximum Gasteiger partial charge on any atom is 0.272 e. The van der Waals surface area contributed by atoms with E-state index in [0.29, 0.717) is 29.5 Å². The molecule has 7 rings (SSSR count). The normalized spacial score (nSPS) is 24.9. The number of nitrogens with zero attached hydrogens (tertiary/aromatic N) is 3. The topological polar surface area (TPSA) is 113 Å². The Kier molecular flexibility index (Phi) is 5.11. The van der Waals surface area contributed by atoms with Crippen molar-refractivity contribution in [2.45, 2.75) is 82.4 Å². The molecule has 0 bridgehead atoms. The Morgan fingerprint density at radius 1 is 1.08 bits per heavy atom. The van der Waals surface area contributed by atoms with E-state index >= 15 is 0 Å². The third kappa shape index (κ3) is 4.02. The molecule has 4 aromatic rings. The Bertz CT molecular complexity index is 1630. The summed E-state index contributed by atoms with van der Waals surface area (Å²) in [7, 11) is 0. The van der Waals surface area contributed by atoms with E-state index in [9.17, 15) is 14.7 Å². The summed E-state index contributed by atoms with van der Waals surface area (Å²) in [5.74, 6) is 0.784. The van der Waals surface area contributed by atoms with Crippen LogP contribution < -0.4 is 10.9 Å². The molecule has 3 aliphatic carbocycles. The number of fused-ring (bicyclic) bond motifs is 2. The third-order valence-corrected chi connectivity index (χ3v) is 8.74. The fraction of sp³-hybridized carbons (Fsp3) is 0.467. The Hall–Kier alpha value is -3.52. The highest BCUT2D eigenvalue weighted by Gasteiger charge is 2.54. The van der Waals surface area contributed by atoms with Crippen molar-refractivity contribution in [3.8, 4) is 0 Å². The Morgan fingerprint density at radius 2 is 1.82 bits per heavy atom. The number of benzene rings is 2. The molecule has 3 saturated carbocycles. The van der Waals surface area contributed by atoms with Crippen LogP contribution in [-0.2, 0) is 6.54 Å². The predicted octanol–water partition coefficient (Wildman–Crippen LogP) is 4.38. The fourth-order valence-corrected chi connectivity index (χ4v) is 6.82.